The quantitative estimate of drug-likeness (QED) is 0.302. The number of aliphatic imine (C=N–C) groups is 1. The molecule has 5 nitrogen and oxygen atoms in total. The molecule has 0 aromatic carbocycles. The highest BCUT2D eigenvalue weighted by molar-refractivity contribution is 6.03. The van der Waals surface area contributed by atoms with E-state index in [0.29, 0.717) is 5.70 Å². The second-order valence-corrected chi connectivity index (χ2v) is 2.30. The Morgan fingerprint density at radius 2 is 1.64 bits per heavy atom. The van der Waals surface area contributed by atoms with Crippen molar-refractivity contribution in [2.24, 2.45) is 22.2 Å². The van der Waals surface area contributed by atoms with Gasteiger partial charge in [0.15, 0.2) is 5.84 Å². The minimum Gasteiger partial charge on any atom is -0.396 e. The van der Waals surface area contributed by atoms with E-state index in [2.05, 4.69) is 4.99 Å². The monoisotopic (exact) mass is 155 g/mol. The SMILES string of the molecule is CC(C)=C(N)/C(N)=N\C(=N)N. The molecule has 0 rings (SSSR count). The summed E-state index contributed by atoms with van der Waals surface area (Å²) in [5.74, 6) is -0.246. The molecular formula is C6H13N5. The van der Waals surface area contributed by atoms with Crippen molar-refractivity contribution >= 4 is 11.8 Å². The highest BCUT2D eigenvalue weighted by Crippen LogP contribution is 1.94. The number of nitrogens with two attached hydrogens (primary N) is 3. The van der Waals surface area contributed by atoms with Gasteiger partial charge in [0.05, 0.1) is 5.70 Å². The van der Waals surface area contributed by atoms with E-state index in [-0.39, 0.29) is 11.8 Å². The average molecular weight is 155 g/mol. The first-order chi connectivity index (χ1) is 4.95. The van der Waals surface area contributed by atoms with Gasteiger partial charge < -0.3 is 17.2 Å². The maximum Gasteiger partial charge on any atom is 0.214 e. The average Bonchev–Trinajstić information content (AvgIpc) is 1.84. The van der Waals surface area contributed by atoms with Crippen LogP contribution in [0.1, 0.15) is 13.8 Å². The summed E-state index contributed by atoms with van der Waals surface area (Å²) in [6.45, 7) is 3.61. The first kappa shape index (κ1) is 9.48. The van der Waals surface area contributed by atoms with Gasteiger partial charge in [0.1, 0.15) is 0 Å². The van der Waals surface area contributed by atoms with Crippen LogP contribution in [-0.4, -0.2) is 11.8 Å². The van der Waals surface area contributed by atoms with Crippen molar-refractivity contribution < 1.29 is 0 Å². The molecule has 0 aliphatic carbocycles. The largest absolute Gasteiger partial charge is 0.396 e. The Balaban J connectivity index is 4.63. The van der Waals surface area contributed by atoms with E-state index in [1.54, 1.807) is 13.8 Å². The maximum absolute atomic E-state index is 6.79. The molecule has 0 saturated carbocycles. The van der Waals surface area contributed by atoms with Gasteiger partial charge in [0, 0.05) is 0 Å². The van der Waals surface area contributed by atoms with Crippen molar-refractivity contribution in [2.75, 3.05) is 0 Å². The highest BCUT2D eigenvalue weighted by Gasteiger charge is 1.98. The first-order valence-corrected chi connectivity index (χ1v) is 3.06. The second kappa shape index (κ2) is 3.60. The molecule has 0 bridgehead atoms. The molecule has 11 heavy (non-hydrogen) atoms. The topological polar surface area (TPSA) is 114 Å². The van der Waals surface area contributed by atoms with Crippen molar-refractivity contribution in [1.29, 1.82) is 5.41 Å². The van der Waals surface area contributed by atoms with E-state index >= 15 is 0 Å². The molecule has 0 aromatic rings. The number of rotatable bonds is 1. The fourth-order valence-electron chi connectivity index (χ4n) is 0.446. The first-order valence-electron chi connectivity index (χ1n) is 3.06. The van der Waals surface area contributed by atoms with Gasteiger partial charge in [-0.25, -0.2) is 0 Å². The molecule has 0 amide bonds. The smallest absolute Gasteiger partial charge is 0.214 e. The van der Waals surface area contributed by atoms with E-state index in [0.717, 1.165) is 5.57 Å². The number of allylic oxidation sites excluding steroid dienone is 1. The number of hydrogen-bond donors (Lipinski definition) is 4. The van der Waals surface area contributed by atoms with Crippen molar-refractivity contribution in [2.45, 2.75) is 13.8 Å². The lowest BCUT2D eigenvalue weighted by atomic mass is 10.2. The Kier molecular flexibility index (Phi) is 3.10. The fraction of sp³-hybridized carbons (Fsp3) is 0.333. The summed E-state index contributed by atoms with van der Waals surface area (Å²) in [5, 5.41) is 6.79. The molecule has 0 fully saturated rings. The Bertz CT molecular complexity index is 221. The highest BCUT2D eigenvalue weighted by atomic mass is 15.0. The standard InChI is InChI=1S/C6H13N5/c1-3(2)4(7)5(8)11-6(9)10/h7H2,1-2H3,(H5,8,9,10,11). The minimum atomic E-state index is -0.341. The predicted octanol–water partition coefficient (Wildman–Crippen LogP) is -0.510. The molecule has 62 valence electrons. The number of nitrogens with zero attached hydrogens (tertiary/aromatic N) is 1. The molecule has 0 heterocycles. The van der Waals surface area contributed by atoms with Crippen LogP contribution < -0.4 is 17.2 Å². The van der Waals surface area contributed by atoms with E-state index in [4.69, 9.17) is 22.6 Å². The second-order valence-electron chi connectivity index (χ2n) is 2.30. The Morgan fingerprint density at radius 3 is 1.91 bits per heavy atom. The van der Waals surface area contributed by atoms with E-state index in [1.807, 2.05) is 0 Å². The molecule has 0 aliphatic heterocycles. The van der Waals surface area contributed by atoms with Crippen LogP contribution in [0.3, 0.4) is 0 Å². The Labute approximate surface area is 65.5 Å². The number of nitrogens with one attached hydrogen (secondary N) is 1. The summed E-state index contributed by atoms with van der Waals surface area (Å²) < 4.78 is 0. The lowest BCUT2D eigenvalue weighted by Gasteiger charge is -2.01. The van der Waals surface area contributed by atoms with Crippen molar-refractivity contribution in [3.8, 4) is 0 Å². The van der Waals surface area contributed by atoms with Gasteiger partial charge in [-0.3, -0.25) is 5.41 Å². The van der Waals surface area contributed by atoms with Crippen LogP contribution in [-0.2, 0) is 0 Å². The maximum atomic E-state index is 6.79. The molecule has 0 saturated heterocycles. The van der Waals surface area contributed by atoms with Gasteiger partial charge in [0.25, 0.3) is 0 Å². The number of hydrogen-bond acceptors (Lipinski definition) is 2. The predicted molar refractivity (Wildman–Crippen MR) is 46.1 cm³/mol. The van der Waals surface area contributed by atoms with E-state index in [1.165, 1.54) is 0 Å². The minimum absolute atomic E-state index is 0.0949. The zero-order valence-electron chi connectivity index (χ0n) is 6.68. The lowest BCUT2D eigenvalue weighted by molar-refractivity contribution is 1.25. The molecule has 0 spiro atoms. The van der Waals surface area contributed by atoms with Gasteiger partial charge in [-0.2, -0.15) is 4.99 Å². The van der Waals surface area contributed by atoms with Crippen LogP contribution in [0.2, 0.25) is 0 Å². The molecule has 0 atom stereocenters. The zero-order valence-corrected chi connectivity index (χ0v) is 6.68. The molecule has 0 aromatic heterocycles. The summed E-state index contributed by atoms with van der Waals surface area (Å²) in [6, 6.07) is 0. The van der Waals surface area contributed by atoms with Crippen LogP contribution in [0.4, 0.5) is 0 Å². The van der Waals surface area contributed by atoms with Gasteiger partial charge in [0.2, 0.25) is 5.96 Å². The normalized spacial score (nSPS) is 10.9. The van der Waals surface area contributed by atoms with E-state index < -0.39 is 0 Å². The Morgan fingerprint density at radius 1 is 1.18 bits per heavy atom. The van der Waals surface area contributed by atoms with Crippen LogP contribution in [0, 0.1) is 5.41 Å². The summed E-state index contributed by atoms with van der Waals surface area (Å²) in [7, 11) is 0. The lowest BCUT2D eigenvalue weighted by Crippen LogP contribution is -2.25. The van der Waals surface area contributed by atoms with E-state index in [9.17, 15) is 0 Å². The third kappa shape index (κ3) is 3.24. The fourth-order valence-corrected chi connectivity index (χ4v) is 0.446. The molecule has 0 unspecified atom stereocenters. The third-order valence-electron chi connectivity index (χ3n) is 1.06. The third-order valence-corrected chi connectivity index (χ3v) is 1.06. The summed E-state index contributed by atoms with van der Waals surface area (Å²) >= 11 is 0. The Hall–Kier alpha value is -1.52. The summed E-state index contributed by atoms with van der Waals surface area (Å²) in [4.78, 5) is 3.47. The summed E-state index contributed by atoms with van der Waals surface area (Å²) in [5.41, 5.74) is 17.0. The molecule has 0 radical (unpaired) electrons. The molecular weight excluding hydrogens is 142 g/mol. The van der Waals surface area contributed by atoms with Gasteiger partial charge >= 0.3 is 0 Å². The van der Waals surface area contributed by atoms with Crippen molar-refractivity contribution in [3.05, 3.63) is 11.3 Å². The van der Waals surface area contributed by atoms with Crippen molar-refractivity contribution in [1.82, 2.24) is 0 Å². The summed E-state index contributed by atoms with van der Waals surface area (Å²) in [6.07, 6.45) is 0. The number of guanidine groups is 1. The van der Waals surface area contributed by atoms with Crippen LogP contribution in [0.5, 0.6) is 0 Å². The van der Waals surface area contributed by atoms with Crippen LogP contribution in [0.25, 0.3) is 0 Å². The molecule has 7 N–H and O–H groups in total. The van der Waals surface area contributed by atoms with Crippen LogP contribution >= 0.6 is 0 Å². The number of amidine groups is 1. The van der Waals surface area contributed by atoms with Gasteiger partial charge in [-0.1, -0.05) is 0 Å². The van der Waals surface area contributed by atoms with Crippen LogP contribution in [0.15, 0.2) is 16.3 Å². The van der Waals surface area contributed by atoms with Gasteiger partial charge in [-0.15, -0.1) is 0 Å². The molecule has 0 aliphatic rings. The zero-order chi connectivity index (χ0) is 9.02. The van der Waals surface area contributed by atoms with Gasteiger partial charge in [-0.05, 0) is 19.4 Å². The molecule has 5 heteroatoms. The van der Waals surface area contributed by atoms with Crippen molar-refractivity contribution in [3.63, 3.8) is 0 Å².